The largest absolute Gasteiger partial charge is 0.480 e. The number of aliphatic carboxylic acids is 1. The summed E-state index contributed by atoms with van der Waals surface area (Å²) in [5.41, 5.74) is 0. The lowest BCUT2D eigenvalue weighted by Gasteiger charge is -2.32. The summed E-state index contributed by atoms with van der Waals surface area (Å²) in [5, 5.41) is 9.65. The number of rotatable bonds is 16. The molecule has 0 aromatic heterocycles. The third-order valence-electron chi connectivity index (χ3n) is 5.26. The van der Waals surface area contributed by atoms with E-state index in [-0.39, 0.29) is 6.42 Å². The molecule has 0 amide bonds. The molecule has 0 rings (SSSR count). The van der Waals surface area contributed by atoms with Crippen LogP contribution in [0.5, 0.6) is 0 Å². The first-order chi connectivity index (χ1) is 11.7. The molecule has 0 saturated carbocycles. The van der Waals surface area contributed by atoms with Gasteiger partial charge in [-0.05, 0) is 18.8 Å². The van der Waals surface area contributed by atoms with E-state index in [2.05, 4.69) is 6.92 Å². The van der Waals surface area contributed by atoms with Crippen LogP contribution in [0.4, 0.5) is 0 Å². The van der Waals surface area contributed by atoms with E-state index in [0.29, 0.717) is 12.8 Å². The van der Waals surface area contributed by atoms with Crippen LogP contribution in [0.3, 0.4) is 0 Å². The van der Waals surface area contributed by atoms with Gasteiger partial charge in [-0.1, -0.05) is 91.4 Å². The third kappa shape index (κ3) is 8.07. The molecule has 0 heterocycles. The minimum atomic E-state index is -4.67. The van der Waals surface area contributed by atoms with Gasteiger partial charge in [-0.2, -0.15) is 8.42 Å². The average Bonchev–Trinajstić information content (AvgIpc) is 2.52. The molecule has 2 atom stereocenters. The summed E-state index contributed by atoms with van der Waals surface area (Å²) in [6.07, 6.45) is 11.4. The number of unbranched alkanes of at least 4 members (excludes halogenated alkanes) is 9. The zero-order chi connectivity index (χ0) is 19.3. The van der Waals surface area contributed by atoms with Crippen molar-refractivity contribution in [3.63, 3.8) is 0 Å². The Morgan fingerprint density at radius 2 is 1.32 bits per heavy atom. The van der Waals surface area contributed by atoms with Crippen molar-refractivity contribution in [3.05, 3.63) is 0 Å². The van der Waals surface area contributed by atoms with Crippen molar-refractivity contribution < 1.29 is 22.9 Å². The smallest absolute Gasteiger partial charge is 0.327 e. The van der Waals surface area contributed by atoms with Crippen LogP contribution in [0.1, 0.15) is 104 Å². The lowest BCUT2D eigenvalue weighted by molar-refractivity contribution is -0.142. The lowest BCUT2D eigenvalue weighted by atomic mass is 9.84. The third-order valence-corrected chi connectivity index (χ3v) is 6.96. The van der Waals surface area contributed by atoms with Crippen molar-refractivity contribution in [2.24, 2.45) is 5.92 Å². The zero-order valence-corrected chi connectivity index (χ0v) is 17.1. The van der Waals surface area contributed by atoms with Gasteiger partial charge >= 0.3 is 5.97 Å². The predicted octanol–water partition coefficient (Wildman–Crippen LogP) is 5.44. The SMILES string of the molecule is CCCCCCCCCC(C)C(CCCCCC)(C(=O)O)S(=O)(=O)O. The first-order valence-electron chi connectivity index (χ1n) is 9.94. The number of hydrogen-bond donors (Lipinski definition) is 2. The molecule has 2 unspecified atom stereocenters. The molecule has 0 fully saturated rings. The highest BCUT2D eigenvalue weighted by atomic mass is 32.2. The van der Waals surface area contributed by atoms with E-state index in [1.54, 1.807) is 6.92 Å². The van der Waals surface area contributed by atoms with Crippen LogP contribution < -0.4 is 0 Å². The van der Waals surface area contributed by atoms with Gasteiger partial charge in [0.25, 0.3) is 10.1 Å². The van der Waals surface area contributed by atoms with Crippen LogP contribution in [-0.2, 0) is 14.9 Å². The van der Waals surface area contributed by atoms with Crippen molar-refractivity contribution in [2.75, 3.05) is 0 Å². The van der Waals surface area contributed by atoms with Crippen LogP contribution in [0.15, 0.2) is 0 Å². The molecule has 0 aromatic carbocycles. The fourth-order valence-corrected chi connectivity index (χ4v) is 4.76. The Morgan fingerprint density at radius 3 is 1.76 bits per heavy atom. The van der Waals surface area contributed by atoms with Crippen LogP contribution >= 0.6 is 0 Å². The van der Waals surface area contributed by atoms with E-state index >= 15 is 0 Å². The number of carboxylic acids is 1. The fraction of sp³-hybridized carbons (Fsp3) is 0.947. The van der Waals surface area contributed by atoms with E-state index in [9.17, 15) is 22.9 Å². The van der Waals surface area contributed by atoms with Crippen molar-refractivity contribution in [1.29, 1.82) is 0 Å². The molecule has 0 aliphatic rings. The number of hydrogen-bond acceptors (Lipinski definition) is 3. The summed E-state index contributed by atoms with van der Waals surface area (Å²) < 4.78 is 31.6. The topological polar surface area (TPSA) is 91.7 Å². The van der Waals surface area contributed by atoms with Crippen LogP contribution in [0, 0.1) is 5.92 Å². The van der Waals surface area contributed by atoms with Gasteiger partial charge in [-0.3, -0.25) is 9.35 Å². The number of carbonyl (C=O) groups is 1. The standard InChI is InChI=1S/C19H38O5S/c1-4-6-8-10-11-12-13-15-17(3)19(18(20)21,25(22,23)24)16-14-9-7-5-2/h17H,4-16H2,1-3H3,(H,20,21)(H,22,23,24). The molecule has 0 aliphatic carbocycles. The summed E-state index contributed by atoms with van der Waals surface area (Å²) in [5.74, 6) is -2.01. The molecule has 5 nitrogen and oxygen atoms in total. The van der Waals surface area contributed by atoms with E-state index < -0.39 is 26.8 Å². The van der Waals surface area contributed by atoms with Crippen molar-refractivity contribution in [2.45, 2.75) is 109 Å². The highest BCUT2D eigenvalue weighted by molar-refractivity contribution is 7.88. The molecule has 150 valence electrons. The molecular formula is C19H38O5S. The second kappa shape index (κ2) is 12.7. The first-order valence-corrected chi connectivity index (χ1v) is 11.4. The minimum Gasteiger partial charge on any atom is -0.480 e. The monoisotopic (exact) mass is 378 g/mol. The molecule has 2 N–H and O–H groups in total. The Bertz CT molecular complexity index is 460. The minimum absolute atomic E-state index is 0.0150. The highest BCUT2D eigenvalue weighted by Crippen LogP contribution is 2.36. The fourth-order valence-electron chi connectivity index (χ4n) is 3.51. The van der Waals surface area contributed by atoms with Gasteiger partial charge in [0, 0.05) is 0 Å². The van der Waals surface area contributed by atoms with Crippen molar-refractivity contribution >= 4 is 16.1 Å². The lowest BCUT2D eigenvalue weighted by Crippen LogP contribution is -2.51. The predicted molar refractivity (Wildman–Crippen MR) is 102 cm³/mol. The summed E-state index contributed by atoms with van der Waals surface area (Å²) in [7, 11) is -4.67. The molecular weight excluding hydrogens is 340 g/mol. The Morgan fingerprint density at radius 1 is 0.880 bits per heavy atom. The van der Waals surface area contributed by atoms with Crippen molar-refractivity contribution in [3.8, 4) is 0 Å². The molecule has 0 spiro atoms. The molecule has 0 aromatic rings. The van der Waals surface area contributed by atoms with Crippen LogP contribution in [-0.4, -0.2) is 28.8 Å². The van der Waals surface area contributed by atoms with E-state index in [1.165, 1.54) is 25.7 Å². The van der Waals surface area contributed by atoms with E-state index in [1.807, 2.05) is 6.92 Å². The maximum absolute atomic E-state index is 12.0. The molecule has 0 bridgehead atoms. The molecule has 25 heavy (non-hydrogen) atoms. The van der Waals surface area contributed by atoms with Gasteiger partial charge in [-0.15, -0.1) is 0 Å². The number of carboxylic acid groups (broad SMARTS) is 1. The summed E-state index contributed by atoms with van der Waals surface area (Å²) in [4.78, 5) is 11.8. The Balaban J connectivity index is 4.75. The van der Waals surface area contributed by atoms with Crippen LogP contribution in [0.2, 0.25) is 0 Å². The van der Waals surface area contributed by atoms with E-state index in [4.69, 9.17) is 0 Å². The van der Waals surface area contributed by atoms with Crippen molar-refractivity contribution in [1.82, 2.24) is 0 Å². The van der Waals surface area contributed by atoms with Gasteiger partial charge in [0.05, 0.1) is 0 Å². The Labute approximate surface area is 154 Å². The first kappa shape index (κ1) is 24.4. The van der Waals surface area contributed by atoms with Gasteiger partial charge in [0.1, 0.15) is 0 Å². The molecule has 0 aliphatic heterocycles. The second-order valence-electron chi connectivity index (χ2n) is 7.29. The zero-order valence-electron chi connectivity index (χ0n) is 16.3. The summed E-state index contributed by atoms with van der Waals surface area (Å²) in [6.45, 7) is 5.86. The Kier molecular flexibility index (Phi) is 12.4. The van der Waals surface area contributed by atoms with Crippen LogP contribution in [0.25, 0.3) is 0 Å². The quantitative estimate of drug-likeness (QED) is 0.275. The summed E-state index contributed by atoms with van der Waals surface area (Å²) in [6, 6.07) is 0. The average molecular weight is 379 g/mol. The van der Waals surface area contributed by atoms with Gasteiger partial charge < -0.3 is 5.11 Å². The maximum Gasteiger partial charge on any atom is 0.327 e. The molecule has 0 saturated heterocycles. The van der Waals surface area contributed by atoms with Gasteiger partial charge in [0.15, 0.2) is 4.75 Å². The normalized spacial score (nSPS) is 15.7. The van der Waals surface area contributed by atoms with E-state index in [0.717, 1.165) is 38.5 Å². The Hall–Kier alpha value is -0.620. The summed E-state index contributed by atoms with van der Waals surface area (Å²) >= 11 is 0. The second-order valence-corrected chi connectivity index (χ2v) is 8.97. The maximum atomic E-state index is 12.0. The molecule has 0 radical (unpaired) electrons. The van der Waals surface area contributed by atoms with Gasteiger partial charge in [0.2, 0.25) is 0 Å². The van der Waals surface area contributed by atoms with Gasteiger partial charge in [-0.25, -0.2) is 0 Å². The molecule has 6 heteroatoms. The highest BCUT2D eigenvalue weighted by Gasteiger charge is 2.53.